The minimum Gasteiger partial charge on any atom is -0.491 e. The molecule has 0 atom stereocenters. The summed E-state index contributed by atoms with van der Waals surface area (Å²) < 4.78 is 17.3. The summed E-state index contributed by atoms with van der Waals surface area (Å²) in [5.74, 6) is 0.739. The van der Waals surface area contributed by atoms with Gasteiger partial charge in [-0.1, -0.05) is 0 Å². The third-order valence-electron chi connectivity index (χ3n) is 3.39. The van der Waals surface area contributed by atoms with Crippen molar-refractivity contribution in [1.29, 1.82) is 0 Å². The first-order chi connectivity index (χ1) is 8.70. The number of ether oxygens (including phenoxy) is 1. The second-order valence-corrected chi connectivity index (χ2v) is 4.81. The Morgan fingerprint density at radius 2 is 2.11 bits per heavy atom. The lowest BCUT2D eigenvalue weighted by atomic mass is 10.0. The fourth-order valence-corrected chi connectivity index (χ4v) is 2.37. The predicted octanol–water partition coefficient (Wildman–Crippen LogP) is 2.27. The number of piperidine rings is 1. The highest BCUT2D eigenvalue weighted by atomic mass is 19.1. The SMILES string of the molecule is Cc1cc(OCCF)ccc1N1CCC(N)CC1. The summed E-state index contributed by atoms with van der Waals surface area (Å²) in [5, 5.41) is 0. The summed E-state index contributed by atoms with van der Waals surface area (Å²) in [6, 6.07) is 6.28. The fourth-order valence-electron chi connectivity index (χ4n) is 2.37. The molecule has 2 rings (SSSR count). The summed E-state index contributed by atoms with van der Waals surface area (Å²) in [6.45, 7) is 3.74. The van der Waals surface area contributed by atoms with Crippen LogP contribution in [0.4, 0.5) is 10.1 Å². The summed E-state index contributed by atoms with van der Waals surface area (Å²) >= 11 is 0. The standard InChI is InChI=1S/C14H21FN2O/c1-11-10-13(18-9-6-15)2-3-14(11)17-7-4-12(16)5-8-17/h2-3,10,12H,4-9,16H2,1H3. The van der Waals surface area contributed by atoms with E-state index in [1.165, 1.54) is 11.3 Å². The van der Waals surface area contributed by atoms with Crippen LogP contribution in [0.1, 0.15) is 18.4 Å². The van der Waals surface area contributed by atoms with Crippen LogP contribution >= 0.6 is 0 Å². The topological polar surface area (TPSA) is 38.5 Å². The Morgan fingerprint density at radius 3 is 2.72 bits per heavy atom. The van der Waals surface area contributed by atoms with Crippen LogP contribution in [0.3, 0.4) is 0 Å². The van der Waals surface area contributed by atoms with Gasteiger partial charge in [0.25, 0.3) is 0 Å². The highest BCUT2D eigenvalue weighted by Crippen LogP contribution is 2.27. The summed E-state index contributed by atoms with van der Waals surface area (Å²) in [5.41, 5.74) is 8.31. The van der Waals surface area contributed by atoms with Crippen molar-refractivity contribution in [3.63, 3.8) is 0 Å². The minimum absolute atomic E-state index is 0.122. The lowest BCUT2D eigenvalue weighted by molar-refractivity contribution is 0.273. The lowest BCUT2D eigenvalue weighted by Crippen LogP contribution is -2.39. The van der Waals surface area contributed by atoms with Gasteiger partial charge in [-0.3, -0.25) is 0 Å². The van der Waals surface area contributed by atoms with Gasteiger partial charge < -0.3 is 15.4 Å². The van der Waals surface area contributed by atoms with E-state index in [4.69, 9.17) is 10.5 Å². The molecule has 0 radical (unpaired) electrons. The summed E-state index contributed by atoms with van der Waals surface area (Å²) in [7, 11) is 0. The monoisotopic (exact) mass is 252 g/mol. The number of aryl methyl sites for hydroxylation is 1. The molecule has 0 aliphatic carbocycles. The molecular formula is C14H21FN2O. The Morgan fingerprint density at radius 1 is 1.39 bits per heavy atom. The van der Waals surface area contributed by atoms with Crippen molar-refractivity contribution in [3.05, 3.63) is 23.8 Å². The largest absolute Gasteiger partial charge is 0.491 e. The molecule has 0 bridgehead atoms. The quantitative estimate of drug-likeness (QED) is 0.893. The normalized spacial score (nSPS) is 16.9. The molecule has 0 saturated carbocycles. The van der Waals surface area contributed by atoms with Crippen molar-refractivity contribution in [1.82, 2.24) is 0 Å². The maximum Gasteiger partial charge on any atom is 0.123 e. The van der Waals surface area contributed by atoms with Gasteiger partial charge in [-0.15, -0.1) is 0 Å². The van der Waals surface area contributed by atoms with E-state index in [0.717, 1.165) is 31.7 Å². The van der Waals surface area contributed by atoms with E-state index in [1.807, 2.05) is 12.1 Å². The molecule has 1 aromatic carbocycles. The van der Waals surface area contributed by atoms with Gasteiger partial charge in [0.05, 0.1) is 0 Å². The molecule has 1 aliphatic heterocycles. The molecule has 0 aromatic heterocycles. The Hall–Kier alpha value is -1.29. The van der Waals surface area contributed by atoms with Crippen LogP contribution in [-0.4, -0.2) is 32.4 Å². The molecule has 1 aliphatic rings. The van der Waals surface area contributed by atoms with Crippen molar-refractivity contribution in [2.45, 2.75) is 25.8 Å². The maximum absolute atomic E-state index is 12.0. The minimum atomic E-state index is -0.454. The fraction of sp³-hybridized carbons (Fsp3) is 0.571. The molecule has 4 heteroatoms. The number of alkyl halides is 1. The van der Waals surface area contributed by atoms with E-state index in [-0.39, 0.29) is 6.61 Å². The second-order valence-electron chi connectivity index (χ2n) is 4.81. The van der Waals surface area contributed by atoms with Gasteiger partial charge in [-0.05, 0) is 43.5 Å². The molecule has 1 saturated heterocycles. The molecule has 0 amide bonds. The van der Waals surface area contributed by atoms with Gasteiger partial charge >= 0.3 is 0 Å². The van der Waals surface area contributed by atoms with Crippen LogP contribution in [0.5, 0.6) is 5.75 Å². The molecule has 2 N–H and O–H groups in total. The second kappa shape index (κ2) is 6.05. The van der Waals surface area contributed by atoms with Gasteiger partial charge in [0.2, 0.25) is 0 Å². The first-order valence-electron chi connectivity index (χ1n) is 6.50. The number of halogens is 1. The van der Waals surface area contributed by atoms with Crippen molar-refractivity contribution in [2.75, 3.05) is 31.3 Å². The predicted molar refractivity (Wildman–Crippen MR) is 72.1 cm³/mol. The lowest BCUT2D eigenvalue weighted by Gasteiger charge is -2.33. The van der Waals surface area contributed by atoms with Crippen LogP contribution < -0.4 is 15.4 Å². The summed E-state index contributed by atoms with van der Waals surface area (Å²) in [6.07, 6.45) is 2.08. The zero-order chi connectivity index (χ0) is 13.0. The third kappa shape index (κ3) is 3.13. The molecule has 18 heavy (non-hydrogen) atoms. The van der Waals surface area contributed by atoms with Crippen molar-refractivity contribution >= 4 is 5.69 Å². The van der Waals surface area contributed by atoms with Crippen LogP contribution in [-0.2, 0) is 0 Å². The van der Waals surface area contributed by atoms with Crippen LogP contribution in [0.15, 0.2) is 18.2 Å². The van der Waals surface area contributed by atoms with E-state index in [2.05, 4.69) is 17.9 Å². The highest BCUT2D eigenvalue weighted by molar-refractivity contribution is 5.56. The van der Waals surface area contributed by atoms with E-state index in [0.29, 0.717) is 6.04 Å². The number of nitrogens with zero attached hydrogens (tertiary/aromatic N) is 1. The number of nitrogens with two attached hydrogens (primary N) is 1. The van der Waals surface area contributed by atoms with Crippen LogP contribution in [0.2, 0.25) is 0 Å². The molecule has 0 unspecified atom stereocenters. The van der Waals surface area contributed by atoms with E-state index < -0.39 is 6.67 Å². The maximum atomic E-state index is 12.0. The van der Waals surface area contributed by atoms with E-state index in [1.54, 1.807) is 0 Å². The number of rotatable bonds is 4. The first kappa shape index (κ1) is 13.1. The molecule has 0 spiro atoms. The third-order valence-corrected chi connectivity index (χ3v) is 3.39. The van der Waals surface area contributed by atoms with Gasteiger partial charge in [0, 0.05) is 24.8 Å². The molecule has 1 heterocycles. The Labute approximate surface area is 108 Å². The molecule has 1 aromatic rings. The van der Waals surface area contributed by atoms with Crippen molar-refractivity contribution in [3.8, 4) is 5.75 Å². The molecular weight excluding hydrogens is 231 g/mol. The number of anilines is 1. The average Bonchev–Trinajstić information content (AvgIpc) is 2.38. The first-order valence-corrected chi connectivity index (χ1v) is 6.50. The number of hydrogen-bond donors (Lipinski definition) is 1. The van der Waals surface area contributed by atoms with Crippen LogP contribution in [0, 0.1) is 6.92 Å². The van der Waals surface area contributed by atoms with E-state index in [9.17, 15) is 4.39 Å². The molecule has 3 nitrogen and oxygen atoms in total. The van der Waals surface area contributed by atoms with Crippen molar-refractivity contribution < 1.29 is 9.13 Å². The van der Waals surface area contributed by atoms with Crippen molar-refractivity contribution in [2.24, 2.45) is 5.73 Å². The smallest absolute Gasteiger partial charge is 0.123 e. The van der Waals surface area contributed by atoms with Gasteiger partial charge in [-0.2, -0.15) is 0 Å². The average molecular weight is 252 g/mol. The number of benzene rings is 1. The van der Waals surface area contributed by atoms with Gasteiger partial charge in [0.1, 0.15) is 19.0 Å². The Bertz CT molecular complexity index is 389. The Kier molecular flexibility index (Phi) is 4.42. The van der Waals surface area contributed by atoms with Crippen LogP contribution in [0.25, 0.3) is 0 Å². The zero-order valence-electron chi connectivity index (χ0n) is 10.9. The Balaban J connectivity index is 2.05. The summed E-state index contributed by atoms with van der Waals surface area (Å²) in [4.78, 5) is 2.36. The highest BCUT2D eigenvalue weighted by Gasteiger charge is 2.17. The number of hydrogen-bond acceptors (Lipinski definition) is 3. The van der Waals surface area contributed by atoms with E-state index >= 15 is 0 Å². The zero-order valence-corrected chi connectivity index (χ0v) is 10.9. The van der Waals surface area contributed by atoms with Gasteiger partial charge in [-0.25, -0.2) is 4.39 Å². The molecule has 1 fully saturated rings. The van der Waals surface area contributed by atoms with Gasteiger partial charge in [0.15, 0.2) is 0 Å². The molecule has 100 valence electrons.